The molecule has 19 heavy (non-hydrogen) atoms. The second-order valence-corrected chi connectivity index (χ2v) is 5.30. The number of nitrogens with two attached hydrogens (primary N) is 2. The first-order chi connectivity index (χ1) is 8.99. The van der Waals surface area contributed by atoms with Crippen LogP contribution in [0.1, 0.15) is 23.2 Å². The Morgan fingerprint density at radius 1 is 1.53 bits per heavy atom. The zero-order valence-electron chi connectivity index (χ0n) is 11.6. The highest BCUT2D eigenvalue weighted by molar-refractivity contribution is 5.99. The van der Waals surface area contributed by atoms with Crippen molar-refractivity contribution < 1.29 is 4.79 Å². The molecule has 0 spiro atoms. The Hall–Kier alpha value is -1.75. The van der Waals surface area contributed by atoms with Gasteiger partial charge < -0.3 is 21.3 Å². The average molecular weight is 262 g/mol. The molecule has 1 atom stereocenters. The topological polar surface area (TPSA) is 75.6 Å². The number of nitrogens with zero attached hydrogens (tertiary/aromatic N) is 2. The maximum absolute atomic E-state index is 11.5. The number of amides is 1. The van der Waals surface area contributed by atoms with Crippen molar-refractivity contribution in [1.82, 2.24) is 4.90 Å². The number of carbonyl (C=O) groups excluding carboxylic acids is 1. The number of likely N-dealkylation sites (N-methyl/N-ethyl adjacent to an activating group) is 2. The van der Waals surface area contributed by atoms with Crippen LogP contribution in [0.2, 0.25) is 0 Å². The summed E-state index contributed by atoms with van der Waals surface area (Å²) in [6.45, 7) is 2.03. The van der Waals surface area contributed by atoms with Crippen molar-refractivity contribution in [3.8, 4) is 0 Å². The van der Waals surface area contributed by atoms with Crippen LogP contribution in [0.4, 0.5) is 11.4 Å². The molecule has 5 nitrogen and oxygen atoms in total. The van der Waals surface area contributed by atoms with E-state index in [9.17, 15) is 4.79 Å². The lowest BCUT2D eigenvalue weighted by atomic mass is 10.1. The number of nitrogen functional groups attached to an aromatic ring is 1. The number of hydrogen-bond donors (Lipinski definition) is 2. The number of benzene rings is 1. The lowest BCUT2D eigenvalue weighted by Crippen LogP contribution is -2.37. The van der Waals surface area contributed by atoms with Gasteiger partial charge in [0.1, 0.15) is 0 Å². The standard InChI is InChI=1S/C14H22N4O/c1-17-7-3-4-11(17)9-18(2)13-6-5-10(15)8-12(13)14(16)19/h5-6,8,11H,3-4,7,9,15H2,1-2H3,(H2,16,19). The van der Waals surface area contributed by atoms with E-state index in [0.717, 1.165) is 18.8 Å². The van der Waals surface area contributed by atoms with Crippen LogP contribution in [0.25, 0.3) is 0 Å². The SMILES string of the molecule is CN(CC1CCCN1C)c1ccc(N)cc1C(N)=O. The summed E-state index contributed by atoms with van der Waals surface area (Å²) in [5.74, 6) is -0.436. The molecule has 0 aromatic heterocycles. The fourth-order valence-corrected chi connectivity index (χ4v) is 2.71. The summed E-state index contributed by atoms with van der Waals surface area (Å²) in [4.78, 5) is 16.0. The molecule has 1 aliphatic rings. The Balaban J connectivity index is 2.18. The number of likely N-dealkylation sites (tertiary alicyclic amines) is 1. The van der Waals surface area contributed by atoms with Crippen LogP contribution >= 0.6 is 0 Å². The molecule has 0 radical (unpaired) electrons. The van der Waals surface area contributed by atoms with E-state index >= 15 is 0 Å². The van der Waals surface area contributed by atoms with Gasteiger partial charge >= 0.3 is 0 Å². The number of carbonyl (C=O) groups is 1. The second-order valence-electron chi connectivity index (χ2n) is 5.30. The van der Waals surface area contributed by atoms with Gasteiger partial charge in [0.2, 0.25) is 0 Å². The van der Waals surface area contributed by atoms with Crippen LogP contribution in [0.15, 0.2) is 18.2 Å². The van der Waals surface area contributed by atoms with E-state index in [1.54, 1.807) is 12.1 Å². The molecule has 5 heteroatoms. The average Bonchev–Trinajstić information content (AvgIpc) is 2.74. The van der Waals surface area contributed by atoms with E-state index in [4.69, 9.17) is 11.5 Å². The van der Waals surface area contributed by atoms with Gasteiger partial charge in [0.05, 0.1) is 5.56 Å². The summed E-state index contributed by atoms with van der Waals surface area (Å²) < 4.78 is 0. The molecule has 1 aromatic carbocycles. The van der Waals surface area contributed by atoms with Gasteiger partial charge in [-0.25, -0.2) is 0 Å². The van der Waals surface area contributed by atoms with E-state index < -0.39 is 5.91 Å². The molecule has 1 saturated heterocycles. The van der Waals surface area contributed by atoms with Crippen LogP contribution in [-0.2, 0) is 0 Å². The van der Waals surface area contributed by atoms with Crippen molar-refractivity contribution >= 4 is 17.3 Å². The first-order valence-electron chi connectivity index (χ1n) is 6.59. The molecule has 1 heterocycles. The molecular formula is C14H22N4O. The molecule has 2 rings (SSSR count). The van der Waals surface area contributed by atoms with Gasteiger partial charge in [0.15, 0.2) is 0 Å². The third-order valence-electron chi connectivity index (χ3n) is 3.85. The fourth-order valence-electron chi connectivity index (χ4n) is 2.71. The van der Waals surface area contributed by atoms with Crippen molar-refractivity contribution in [3.63, 3.8) is 0 Å². The van der Waals surface area contributed by atoms with E-state index in [1.807, 2.05) is 13.1 Å². The normalized spacial score (nSPS) is 19.6. The summed E-state index contributed by atoms with van der Waals surface area (Å²) in [5.41, 5.74) is 13.0. The van der Waals surface area contributed by atoms with Gasteiger partial charge in [-0.3, -0.25) is 4.79 Å². The third kappa shape index (κ3) is 2.98. The van der Waals surface area contributed by atoms with E-state index in [1.165, 1.54) is 12.8 Å². The van der Waals surface area contributed by atoms with Gasteiger partial charge in [-0.05, 0) is 44.6 Å². The minimum Gasteiger partial charge on any atom is -0.399 e. The Bertz CT molecular complexity index is 475. The third-order valence-corrected chi connectivity index (χ3v) is 3.85. The van der Waals surface area contributed by atoms with Gasteiger partial charge in [0.25, 0.3) is 5.91 Å². The molecule has 0 saturated carbocycles. The fraction of sp³-hybridized carbons (Fsp3) is 0.500. The van der Waals surface area contributed by atoms with E-state index in [-0.39, 0.29) is 0 Å². The lowest BCUT2D eigenvalue weighted by molar-refractivity contribution is 0.100. The van der Waals surface area contributed by atoms with Crippen LogP contribution in [-0.4, -0.2) is 44.0 Å². The van der Waals surface area contributed by atoms with Crippen LogP contribution < -0.4 is 16.4 Å². The lowest BCUT2D eigenvalue weighted by Gasteiger charge is -2.28. The van der Waals surface area contributed by atoms with Crippen molar-refractivity contribution in [2.45, 2.75) is 18.9 Å². The van der Waals surface area contributed by atoms with Crippen molar-refractivity contribution in [2.24, 2.45) is 5.73 Å². The molecule has 4 N–H and O–H groups in total. The van der Waals surface area contributed by atoms with E-state index in [0.29, 0.717) is 17.3 Å². The van der Waals surface area contributed by atoms with Gasteiger partial charge in [-0.15, -0.1) is 0 Å². The maximum Gasteiger partial charge on any atom is 0.250 e. The smallest absolute Gasteiger partial charge is 0.250 e. The van der Waals surface area contributed by atoms with Crippen molar-refractivity contribution in [1.29, 1.82) is 0 Å². The Kier molecular flexibility index (Phi) is 3.95. The van der Waals surface area contributed by atoms with Crippen LogP contribution in [0.5, 0.6) is 0 Å². The number of rotatable bonds is 4. The molecule has 0 bridgehead atoms. The Morgan fingerprint density at radius 3 is 2.84 bits per heavy atom. The number of anilines is 2. The quantitative estimate of drug-likeness (QED) is 0.790. The van der Waals surface area contributed by atoms with E-state index in [2.05, 4.69) is 16.8 Å². The first kappa shape index (κ1) is 13.7. The number of hydrogen-bond acceptors (Lipinski definition) is 4. The van der Waals surface area contributed by atoms with Crippen molar-refractivity contribution in [2.75, 3.05) is 37.8 Å². The summed E-state index contributed by atoms with van der Waals surface area (Å²) in [5, 5.41) is 0. The molecule has 1 fully saturated rings. The largest absolute Gasteiger partial charge is 0.399 e. The van der Waals surface area contributed by atoms with Gasteiger partial charge in [-0.2, -0.15) is 0 Å². The minimum atomic E-state index is -0.436. The minimum absolute atomic E-state index is 0.436. The monoisotopic (exact) mass is 262 g/mol. The van der Waals surface area contributed by atoms with Crippen molar-refractivity contribution in [3.05, 3.63) is 23.8 Å². The first-order valence-corrected chi connectivity index (χ1v) is 6.59. The van der Waals surface area contributed by atoms with Gasteiger partial charge in [-0.1, -0.05) is 0 Å². The highest BCUT2D eigenvalue weighted by atomic mass is 16.1. The van der Waals surface area contributed by atoms with Crippen LogP contribution in [0.3, 0.4) is 0 Å². The molecule has 1 amide bonds. The highest BCUT2D eigenvalue weighted by Crippen LogP contribution is 2.24. The predicted octanol–water partition coefficient (Wildman–Crippen LogP) is 0.898. The maximum atomic E-state index is 11.5. The Morgan fingerprint density at radius 2 is 2.26 bits per heavy atom. The molecule has 1 aliphatic heterocycles. The summed E-state index contributed by atoms with van der Waals surface area (Å²) in [7, 11) is 4.13. The number of primary amides is 1. The Labute approximate surface area is 114 Å². The second kappa shape index (κ2) is 5.48. The molecular weight excluding hydrogens is 240 g/mol. The summed E-state index contributed by atoms with van der Waals surface area (Å²) in [6, 6.07) is 5.84. The summed E-state index contributed by atoms with van der Waals surface area (Å²) >= 11 is 0. The molecule has 0 aliphatic carbocycles. The van der Waals surface area contributed by atoms with Gasteiger partial charge in [0, 0.05) is 31.0 Å². The molecule has 104 valence electrons. The zero-order chi connectivity index (χ0) is 14.0. The molecule has 1 aromatic rings. The highest BCUT2D eigenvalue weighted by Gasteiger charge is 2.23. The summed E-state index contributed by atoms with van der Waals surface area (Å²) in [6.07, 6.45) is 2.43. The van der Waals surface area contributed by atoms with Crippen LogP contribution in [0, 0.1) is 0 Å². The zero-order valence-corrected chi connectivity index (χ0v) is 11.6. The predicted molar refractivity (Wildman–Crippen MR) is 78.3 cm³/mol. The molecule has 1 unspecified atom stereocenters.